The van der Waals surface area contributed by atoms with Gasteiger partial charge in [0, 0.05) is 24.9 Å². The van der Waals surface area contributed by atoms with Gasteiger partial charge in [0.05, 0.1) is 11.4 Å². The Morgan fingerprint density at radius 3 is 2.26 bits per heavy atom. The number of carbonyl (C=O) groups excluding carboxylic acids is 2. The van der Waals surface area contributed by atoms with Gasteiger partial charge in [-0.1, -0.05) is 37.3 Å². The van der Waals surface area contributed by atoms with Crippen molar-refractivity contribution >= 4 is 33.8 Å². The van der Waals surface area contributed by atoms with E-state index in [0.717, 1.165) is 5.56 Å². The van der Waals surface area contributed by atoms with Gasteiger partial charge in [0.15, 0.2) is 0 Å². The lowest BCUT2D eigenvalue weighted by molar-refractivity contribution is -0.111. The van der Waals surface area contributed by atoms with Crippen molar-refractivity contribution in [3.05, 3.63) is 65.7 Å². The standard InChI is InChI=1S/C25H33N3O5S/c1-6-26-34(31,32)21-15-12-19(13-16-21)14-17-23(29)27-22-11-9-8-10-20(22)18-28(7-2)24(30)33-25(3,4)5/h8-17,26H,6-7,18H2,1-5H3,(H,27,29). The highest BCUT2D eigenvalue weighted by molar-refractivity contribution is 7.89. The summed E-state index contributed by atoms with van der Waals surface area (Å²) in [5.74, 6) is -0.350. The molecule has 34 heavy (non-hydrogen) atoms. The summed E-state index contributed by atoms with van der Waals surface area (Å²) in [5.41, 5.74) is 1.44. The summed E-state index contributed by atoms with van der Waals surface area (Å²) in [6, 6.07) is 13.5. The van der Waals surface area contributed by atoms with Crippen LogP contribution in [-0.4, -0.2) is 44.0 Å². The Bertz CT molecular complexity index is 1120. The Morgan fingerprint density at radius 2 is 1.68 bits per heavy atom. The summed E-state index contributed by atoms with van der Waals surface area (Å²) in [7, 11) is -3.52. The highest BCUT2D eigenvalue weighted by Gasteiger charge is 2.22. The molecule has 0 spiro atoms. The number of hydrogen-bond acceptors (Lipinski definition) is 5. The largest absolute Gasteiger partial charge is 0.444 e. The van der Waals surface area contributed by atoms with Gasteiger partial charge in [0.1, 0.15) is 5.60 Å². The van der Waals surface area contributed by atoms with E-state index in [4.69, 9.17) is 4.74 Å². The maximum atomic E-state index is 12.5. The zero-order valence-electron chi connectivity index (χ0n) is 20.3. The van der Waals surface area contributed by atoms with E-state index >= 15 is 0 Å². The molecule has 0 heterocycles. The van der Waals surface area contributed by atoms with Gasteiger partial charge in [-0.25, -0.2) is 17.9 Å². The molecule has 0 aromatic heterocycles. The first-order valence-electron chi connectivity index (χ1n) is 11.1. The second-order valence-electron chi connectivity index (χ2n) is 8.54. The van der Waals surface area contributed by atoms with Crippen molar-refractivity contribution in [1.29, 1.82) is 0 Å². The third-order valence-corrected chi connectivity index (χ3v) is 6.18. The Morgan fingerprint density at radius 1 is 1.03 bits per heavy atom. The van der Waals surface area contributed by atoms with Crippen molar-refractivity contribution in [2.75, 3.05) is 18.4 Å². The van der Waals surface area contributed by atoms with Crippen molar-refractivity contribution in [2.45, 2.75) is 51.7 Å². The summed E-state index contributed by atoms with van der Waals surface area (Å²) in [5, 5.41) is 2.84. The van der Waals surface area contributed by atoms with E-state index in [1.807, 2.05) is 39.8 Å². The molecular weight excluding hydrogens is 454 g/mol. The molecule has 0 aliphatic carbocycles. The third-order valence-electron chi connectivity index (χ3n) is 4.62. The van der Waals surface area contributed by atoms with Gasteiger partial charge in [-0.2, -0.15) is 0 Å². The Kier molecular flexibility index (Phi) is 9.40. The van der Waals surface area contributed by atoms with Crippen molar-refractivity contribution in [2.24, 2.45) is 0 Å². The van der Waals surface area contributed by atoms with Crippen LogP contribution in [0.5, 0.6) is 0 Å². The Labute approximate surface area is 202 Å². The molecule has 0 radical (unpaired) electrons. The van der Waals surface area contributed by atoms with Gasteiger partial charge in [-0.3, -0.25) is 4.79 Å². The second-order valence-corrected chi connectivity index (χ2v) is 10.3. The molecule has 2 N–H and O–H groups in total. The van der Waals surface area contributed by atoms with Crippen LogP contribution in [0, 0.1) is 0 Å². The fourth-order valence-corrected chi connectivity index (χ4v) is 4.04. The molecule has 184 valence electrons. The molecule has 0 bridgehead atoms. The number of carbonyl (C=O) groups is 2. The first-order valence-corrected chi connectivity index (χ1v) is 12.6. The number of anilines is 1. The lowest BCUT2D eigenvalue weighted by Crippen LogP contribution is -2.36. The number of rotatable bonds is 9. The van der Waals surface area contributed by atoms with Gasteiger partial charge in [0.2, 0.25) is 15.9 Å². The number of amides is 2. The number of ether oxygens (including phenoxy) is 1. The molecule has 2 aromatic rings. The molecule has 8 nitrogen and oxygen atoms in total. The molecule has 0 fully saturated rings. The van der Waals surface area contributed by atoms with Gasteiger partial charge < -0.3 is 15.0 Å². The topological polar surface area (TPSA) is 105 Å². The molecule has 0 saturated heterocycles. The Balaban J connectivity index is 2.08. The fraction of sp³-hybridized carbons (Fsp3) is 0.360. The Hall–Kier alpha value is -3.17. The SMILES string of the molecule is CCNS(=O)(=O)c1ccc(C=CC(=O)Nc2ccccc2CN(CC)C(=O)OC(C)(C)C)cc1. The predicted octanol–water partition coefficient (Wildman–Crippen LogP) is 4.39. The smallest absolute Gasteiger partial charge is 0.410 e. The van der Waals surface area contributed by atoms with Crippen LogP contribution < -0.4 is 10.0 Å². The zero-order valence-corrected chi connectivity index (χ0v) is 21.1. The molecule has 0 saturated carbocycles. The van der Waals surface area contributed by atoms with E-state index in [0.29, 0.717) is 24.3 Å². The quantitative estimate of drug-likeness (QED) is 0.510. The third kappa shape index (κ3) is 8.31. The van der Waals surface area contributed by atoms with Crippen molar-refractivity contribution in [3.63, 3.8) is 0 Å². The maximum absolute atomic E-state index is 12.5. The van der Waals surface area contributed by atoms with Gasteiger partial charge in [-0.15, -0.1) is 0 Å². The summed E-state index contributed by atoms with van der Waals surface area (Å²) < 4.78 is 31.9. The van der Waals surface area contributed by atoms with Crippen molar-refractivity contribution in [1.82, 2.24) is 9.62 Å². The van der Waals surface area contributed by atoms with Crippen LogP contribution in [0.1, 0.15) is 45.7 Å². The van der Waals surface area contributed by atoms with Gasteiger partial charge in [0.25, 0.3) is 0 Å². The average Bonchev–Trinajstić information content (AvgIpc) is 2.76. The second kappa shape index (κ2) is 11.8. The molecule has 2 aromatic carbocycles. The van der Waals surface area contributed by atoms with E-state index in [2.05, 4.69) is 10.0 Å². The first kappa shape index (κ1) is 27.1. The number of nitrogens with zero attached hydrogens (tertiary/aromatic N) is 1. The van der Waals surface area contributed by atoms with Crippen molar-refractivity contribution < 1.29 is 22.7 Å². The summed E-state index contributed by atoms with van der Waals surface area (Å²) >= 11 is 0. The lowest BCUT2D eigenvalue weighted by Gasteiger charge is -2.27. The number of nitrogens with one attached hydrogen (secondary N) is 2. The minimum absolute atomic E-state index is 0.162. The van der Waals surface area contributed by atoms with Crippen LogP contribution in [0.2, 0.25) is 0 Å². The number of sulfonamides is 1. The molecular formula is C25H33N3O5S. The summed E-state index contributed by atoms with van der Waals surface area (Å²) in [4.78, 5) is 26.7. The molecule has 2 amide bonds. The highest BCUT2D eigenvalue weighted by atomic mass is 32.2. The molecule has 0 unspecified atom stereocenters. The van der Waals surface area contributed by atoms with E-state index < -0.39 is 21.7 Å². The fourth-order valence-electron chi connectivity index (χ4n) is 3.00. The van der Waals surface area contributed by atoms with E-state index in [9.17, 15) is 18.0 Å². The van der Waals surface area contributed by atoms with E-state index in [1.54, 1.807) is 42.2 Å². The molecule has 0 aliphatic heterocycles. The number of hydrogen-bond donors (Lipinski definition) is 2. The van der Waals surface area contributed by atoms with Crippen LogP contribution in [0.4, 0.5) is 10.5 Å². The van der Waals surface area contributed by atoms with E-state index in [-0.39, 0.29) is 17.3 Å². The molecule has 2 rings (SSSR count). The van der Waals surface area contributed by atoms with E-state index in [1.165, 1.54) is 18.2 Å². The first-order chi connectivity index (χ1) is 15.9. The molecule has 0 atom stereocenters. The van der Waals surface area contributed by atoms with Crippen LogP contribution in [0.15, 0.2) is 59.5 Å². The number of benzene rings is 2. The van der Waals surface area contributed by atoms with Crippen molar-refractivity contribution in [3.8, 4) is 0 Å². The zero-order chi connectivity index (χ0) is 25.4. The van der Waals surface area contributed by atoms with Crippen LogP contribution >= 0.6 is 0 Å². The van der Waals surface area contributed by atoms with Crippen LogP contribution in [-0.2, 0) is 26.1 Å². The van der Waals surface area contributed by atoms with Crippen LogP contribution in [0.3, 0.4) is 0 Å². The summed E-state index contributed by atoms with van der Waals surface area (Å²) in [6.07, 6.45) is 2.55. The van der Waals surface area contributed by atoms with Gasteiger partial charge >= 0.3 is 6.09 Å². The average molecular weight is 488 g/mol. The molecule has 9 heteroatoms. The minimum Gasteiger partial charge on any atom is -0.444 e. The molecule has 0 aliphatic rings. The lowest BCUT2D eigenvalue weighted by atomic mass is 10.1. The minimum atomic E-state index is -3.52. The maximum Gasteiger partial charge on any atom is 0.410 e. The highest BCUT2D eigenvalue weighted by Crippen LogP contribution is 2.19. The summed E-state index contributed by atoms with van der Waals surface area (Å²) in [6.45, 7) is 10.1. The monoisotopic (exact) mass is 487 g/mol. The van der Waals surface area contributed by atoms with Gasteiger partial charge in [-0.05, 0) is 63.1 Å². The van der Waals surface area contributed by atoms with Crippen LogP contribution in [0.25, 0.3) is 6.08 Å². The number of para-hydroxylation sites is 1. The normalized spacial score (nSPS) is 11.9. The predicted molar refractivity (Wildman–Crippen MR) is 134 cm³/mol.